The lowest BCUT2D eigenvalue weighted by molar-refractivity contribution is -0.421. The molecule has 0 saturated carbocycles. The molecule has 0 spiro atoms. The number of nitro benzene ring substituents is 1. The molecular weight excluding hydrogens is 274 g/mol. The number of hydrogen-bond acceptors (Lipinski definition) is 4. The van der Waals surface area contributed by atoms with Crippen molar-refractivity contribution in [2.75, 3.05) is 20.2 Å². The summed E-state index contributed by atoms with van der Waals surface area (Å²) in [6.45, 7) is 0.709. The van der Waals surface area contributed by atoms with E-state index >= 15 is 0 Å². The maximum atomic E-state index is 11.8. The van der Waals surface area contributed by atoms with Gasteiger partial charge in [0.2, 0.25) is 0 Å². The zero-order chi connectivity index (χ0) is 15.2. The molecule has 2 rings (SSSR count). The molecule has 7 nitrogen and oxygen atoms in total. The molecule has 7 heteroatoms. The number of nitro groups is 1. The molecule has 0 aromatic heterocycles. The number of amides is 1. The SMILES string of the molecule is C[N+]1=CCN(C(=O)OCCc2ccc([N+](=O)[O-])cc2)C=C1. The van der Waals surface area contributed by atoms with Crippen LogP contribution in [0.2, 0.25) is 0 Å². The van der Waals surface area contributed by atoms with Gasteiger partial charge in [0.1, 0.15) is 13.6 Å². The quantitative estimate of drug-likeness (QED) is 0.481. The number of ether oxygens (including phenoxy) is 1. The molecule has 21 heavy (non-hydrogen) atoms. The summed E-state index contributed by atoms with van der Waals surface area (Å²) in [4.78, 5) is 23.3. The summed E-state index contributed by atoms with van der Waals surface area (Å²) in [7, 11) is 1.88. The third-order valence-corrected chi connectivity index (χ3v) is 3.05. The predicted molar refractivity (Wildman–Crippen MR) is 76.2 cm³/mol. The van der Waals surface area contributed by atoms with E-state index in [0.29, 0.717) is 13.0 Å². The third-order valence-electron chi connectivity index (χ3n) is 3.05. The summed E-state index contributed by atoms with van der Waals surface area (Å²) in [5.41, 5.74) is 0.933. The molecule has 1 heterocycles. The van der Waals surface area contributed by atoms with E-state index in [1.165, 1.54) is 17.0 Å². The number of hydrogen-bond donors (Lipinski definition) is 0. The lowest BCUT2D eigenvalue weighted by Crippen LogP contribution is -2.32. The van der Waals surface area contributed by atoms with Crippen LogP contribution in [0.25, 0.3) is 0 Å². The van der Waals surface area contributed by atoms with Gasteiger partial charge in [0, 0.05) is 18.6 Å². The van der Waals surface area contributed by atoms with E-state index in [9.17, 15) is 14.9 Å². The van der Waals surface area contributed by atoms with Crippen molar-refractivity contribution in [3.8, 4) is 0 Å². The summed E-state index contributed by atoms with van der Waals surface area (Å²) in [5, 5.41) is 10.5. The molecule has 0 unspecified atom stereocenters. The first-order valence-corrected chi connectivity index (χ1v) is 6.46. The molecule has 1 aromatic carbocycles. The van der Waals surface area contributed by atoms with Crippen molar-refractivity contribution in [1.82, 2.24) is 4.90 Å². The van der Waals surface area contributed by atoms with Crippen LogP contribution in [0.1, 0.15) is 5.56 Å². The zero-order valence-electron chi connectivity index (χ0n) is 11.6. The second-order valence-corrected chi connectivity index (χ2v) is 4.59. The van der Waals surface area contributed by atoms with Crippen LogP contribution in [-0.2, 0) is 11.2 Å². The van der Waals surface area contributed by atoms with E-state index < -0.39 is 11.0 Å². The number of benzene rings is 1. The first-order valence-electron chi connectivity index (χ1n) is 6.46. The van der Waals surface area contributed by atoms with Gasteiger partial charge in [0.25, 0.3) is 5.69 Å². The van der Waals surface area contributed by atoms with Crippen LogP contribution in [0.5, 0.6) is 0 Å². The minimum Gasteiger partial charge on any atom is -0.449 e. The highest BCUT2D eigenvalue weighted by Crippen LogP contribution is 2.12. The van der Waals surface area contributed by atoms with Crippen LogP contribution >= 0.6 is 0 Å². The second-order valence-electron chi connectivity index (χ2n) is 4.59. The van der Waals surface area contributed by atoms with Crippen molar-refractivity contribution in [3.63, 3.8) is 0 Å². The smallest absolute Gasteiger partial charge is 0.414 e. The fraction of sp³-hybridized carbons (Fsp3) is 0.286. The van der Waals surface area contributed by atoms with Gasteiger partial charge in [-0.05, 0) is 5.56 Å². The first-order chi connectivity index (χ1) is 10.1. The summed E-state index contributed by atoms with van der Waals surface area (Å²) < 4.78 is 7.02. The average molecular weight is 290 g/mol. The Kier molecular flexibility index (Phi) is 4.65. The van der Waals surface area contributed by atoms with Crippen LogP contribution < -0.4 is 0 Å². The Labute approximate surface area is 121 Å². The molecule has 1 aromatic rings. The second kappa shape index (κ2) is 6.65. The van der Waals surface area contributed by atoms with Crippen molar-refractivity contribution in [3.05, 3.63) is 52.3 Å². The van der Waals surface area contributed by atoms with Crippen molar-refractivity contribution in [1.29, 1.82) is 0 Å². The highest BCUT2D eigenvalue weighted by atomic mass is 16.6. The van der Waals surface area contributed by atoms with Gasteiger partial charge in [-0.1, -0.05) is 12.1 Å². The van der Waals surface area contributed by atoms with Crippen LogP contribution in [-0.4, -0.2) is 46.9 Å². The largest absolute Gasteiger partial charge is 0.449 e. The van der Waals surface area contributed by atoms with Crippen LogP contribution in [0.4, 0.5) is 10.5 Å². The highest BCUT2D eigenvalue weighted by molar-refractivity contribution is 5.73. The van der Waals surface area contributed by atoms with Crippen molar-refractivity contribution < 1.29 is 19.0 Å². The van der Waals surface area contributed by atoms with Crippen molar-refractivity contribution in [2.45, 2.75) is 6.42 Å². The number of nitrogens with zero attached hydrogens (tertiary/aromatic N) is 3. The fourth-order valence-electron chi connectivity index (χ4n) is 1.78. The average Bonchev–Trinajstić information content (AvgIpc) is 2.48. The number of rotatable bonds is 4. The molecule has 0 atom stereocenters. The molecule has 0 N–H and O–H groups in total. The summed E-state index contributed by atoms with van der Waals surface area (Å²) in [6, 6.07) is 6.20. The van der Waals surface area contributed by atoms with E-state index in [4.69, 9.17) is 4.74 Å². The Hall–Kier alpha value is -2.70. The molecule has 1 amide bonds. The first kappa shape index (κ1) is 14.7. The number of carbonyl (C=O) groups is 1. The van der Waals surface area contributed by atoms with Gasteiger partial charge >= 0.3 is 6.09 Å². The van der Waals surface area contributed by atoms with E-state index in [1.807, 2.05) is 17.8 Å². The molecule has 1 aliphatic rings. The van der Waals surface area contributed by atoms with Gasteiger partial charge in [0.05, 0.1) is 17.7 Å². The van der Waals surface area contributed by atoms with Gasteiger partial charge in [-0.2, -0.15) is 0 Å². The van der Waals surface area contributed by atoms with Gasteiger partial charge in [0.15, 0.2) is 12.4 Å². The molecule has 0 radical (unpaired) electrons. The van der Waals surface area contributed by atoms with Crippen LogP contribution in [0.15, 0.2) is 36.7 Å². The summed E-state index contributed by atoms with van der Waals surface area (Å²) >= 11 is 0. The van der Waals surface area contributed by atoms with Crippen LogP contribution in [0.3, 0.4) is 0 Å². The molecule has 0 fully saturated rings. The van der Waals surface area contributed by atoms with Gasteiger partial charge < -0.3 is 4.74 Å². The lowest BCUT2D eigenvalue weighted by atomic mass is 10.1. The van der Waals surface area contributed by atoms with Gasteiger partial charge in [-0.15, -0.1) is 0 Å². The van der Waals surface area contributed by atoms with E-state index in [1.54, 1.807) is 24.5 Å². The lowest BCUT2D eigenvalue weighted by Gasteiger charge is -2.16. The Morgan fingerprint density at radius 2 is 2.14 bits per heavy atom. The van der Waals surface area contributed by atoms with Crippen molar-refractivity contribution in [2.24, 2.45) is 0 Å². The Bertz CT molecular complexity index is 593. The molecule has 1 aliphatic heterocycles. The van der Waals surface area contributed by atoms with Gasteiger partial charge in [-0.3, -0.25) is 15.0 Å². The minimum absolute atomic E-state index is 0.0499. The van der Waals surface area contributed by atoms with Crippen molar-refractivity contribution >= 4 is 18.0 Å². The fourth-order valence-corrected chi connectivity index (χ4v) is 1.78. The summed E-state index contributed by atoms with van der Waals surface area (Å²) in [5.74, 6) is 0. The van der Waals surface area contributed by atoms with E-state index in [2.05, 4.69) is 0 Å². The normalized spacial score (nSPS) is 13.8. The summed E-state index contributed by atoms with van der Waals surface area (Å²) in [6.07, 6.45) is 5.40. The minimum atomic E-state index is -0.444. The molecular formula is C14H16N3O4+. The maximum absolute atomic E-state index is 11.8. The Morgan fingerprint density at radius 1 is 1.43 bits per heavy atom. The predicted octanol–water partition coefficient (Wildman–Crippen LogP) is 1.77. The van der Waals surface area contributed by atoms with E-state index in [-0.39, 0.29) is 12.3 Å². The highest BCUT2D eigenvalue weighted by Gasteiger charge is 2.16. The zero-order valence-corrected chi connectivity index (χ0v) is 11.6. The monoisotopic (exact) mass is 290 g/mol. The molecule has 0 bridgehead atoms. The third kappa shape index (κ3) is 4.13. The Morgan fingerprint density at radius 3 is 2.71 bits per heavy atom. The van der Waals surface area contributed by atoms with Crippen LogP contribution in [0, 0.1) is 10.1 Å². The topological polar surface area (TPSA) is 75.7 Å². The number of non-ortho nitro benzene ring substituents is 1. The maximum Gasteiger partial charge on any atom is 0.414 e. The van der Waals surface area contributed by atoms with E-state index in [0.717, 1.165) is 5.56 Å². The molecule has 110 valence electrons. The number of carbonyl (C=O) groups excluding carboxylic acids is 1. The van der Waals surface area contributed by atoms with Gasteiger partial charge in [-0.25, -0.2) is 9.37 Å². The molecule has 0 aliphatic carbocycles. The molecule has 0 saturated heterocycles. The Balaban J connectivity index is 1.78. The standard InChI is InChI=1S/C14H16N3O4/c1-15-7-9-16(10-8-15)14(18)21-11-6-12-2-4-13(5-3-12)17(19)20/h2-5,7-9H,6,10-11H2,1H3/q+1.